The van der Waals surface area contributed by atoms with E-state index >= 15 is 0 Å². The van der Waals surface area contributed by atoms with E-state index in [0.29, 0.717) is 0 Å². The molecule has 1 aromatic carbocycles. The van der Waals surface area contributed by atoms with Crippen molar-refractivity contribution < 1.29 is 19.1 Å². The van der Waals surface area contributed by atoms with Crippen LogP contribution in [0.1, 0.15) is 26.3 Å². The number of thioether (sulfide) groups is 1. The first-order chi connectivity index (χ1) is 12.0. The fraction of sp³-hybridized carbons (Fsp3) is 0.389. The van der Waals surface area contributed by atoms with Crippen molar-refractivity contribution in [3.8, 4) is 0 Å². The second-order valence-corrected chi connectivity index (χ2v) is 8.81. The Hall–Kier alpha value is -1.80. The average Bonchev–Trinajstić information content (AvgIpc) is 2.72. The van der Waals surface area contributed by atoms with Gasteiger partial charge in [-0.25, -0.2) is 0 Å². The minimum absolute atomic E-state index is 0.281. The molecule has 0 atom stereocenters. The molecule has 0 aliphatic carbocycles. The number of ether oxygens (including phenoxy) is 1. The Morgan fingerprint density at radius 1 is 1.31 bits per heavy atom. The van der Waals surface area contributed by atoms with Gasteiger partial charge >= 0.3 is 5.97 Å². The molecule has 0 unspecified atom stereocenters. The molecule has 6 nitrogen and oxygen atoms in total. The van der Waals surface area contributed by atoms with E-state index in [2.05, 4.69) is 15.9 Å². The summed E-state index contributed by atoms with van der Waals surface area (Å²) >= 11 is 4.31. The standard InChI is InChI=1S/C18H21BrN2O4S/c1-18(2,3)25-15(22)10-21-16(23)14(26-17(21)24)9-11-6-7-13(20(4)5)12(19)8-11/h6-9H,10H2,1-5H3. The van der Waals surface area contributed by atoms with Crippen LogP contribution in [0.15, 0.2) is 27.6 Å². The normalized spacial score (nSPS) is 16.4. The number of esters is 1. The van der Waals surface area contributed by atoms with Gasteiger partial charge in [-0.3, -0.25) is 19.3 Å². The molecule has 0 radical (unpaired) electrons. The number of rotatable bonds is 4. The third-order valence-electron chi connectivity index (χ3n) is 3.33. The topological polar surface area (TPSA) is 66.9 Å². The van der Waals surface area contributed by atoms with Gasteiger partial charge in [0.2, 0.25) is 0 Å². The maximum atomic E-state index is 12.5. The summed E-state index contributed by atoms with van der Waals surface area (Å²) in [7, 11) is 3.86. The fourth-order valence-electron chi connectivity index (χ4n) is 2.27. The monoisotopic (exact) mass is 440 g/mol. The number of amides is 2. The van der Waals surface area contributed by atoms with Crippen molar-refractivity contribution in [3.63, 3.8) is 0 Å². The van der Waals surface area contributed by atoms with Crippen molar-refractivity contribution in [1.82, 2.24) is 4.90 Å². The molecular formula is C18H21BrN2O4S. The molecular weight excluding hydrogens is 420 g/mol. The maximum absolute atomic E-state index is 12.5. The first-order valence-electron chi connectivity index (χ1n) is 7.92. The molecule has 1 aliphatic rings. The van der Waals surface area contributed by atoms with E-state index in [9.17, 15) is 14.4 Å². The van der Waals surface area contributed by atoms with Crippen molar-refractivity contribution >= 4 is 56.6 Å². The largest absolute Gasteiger partial charge is 0.459 e. The number of halogens is 1. The molecule has 0 spiro atoms. The lowest BCUT2D eigenvalue weighted by Crippen LogP contribution is -2.37. The first kappa shape index (κ1) is 20.5. The highest BCUT2D eigenvalue weighted by Gasteiger charge is 2.37. The highest BCUT2D eigenvalue weighted by atomic mass is 79.9. The zero-order chi connectivity index (χ0) is 19.6. The van der Waals surface area contributed by atoms with Crippen LogP contribution in [0.25, 0.3) is 6.08 Å². The van der Waals surface area contributed by atoms with Gasteiger partial charge in [-0.15, -0.1) is 0 Å². The molecule has 140 valence electrons. The number of hydrogen-bond donors (Lipinski definition) is 0. The van der Waals surface area contributed by atoms with Crippen molar-refractivity contribution in [2.75, 3.05) is 25.5 Å². The molecule has 0 saturated carbocycles. The summed E-state index contributed by atoms with van der Waals surface area (Å²) in [5, 5.41) is -0.476. The maximum Gasteiger partial charge on any atom is 0.326 e. The van der Waals surface area contributed by atoms with Crippen molar-refractivity contribution in [2.45, 2.75) is 26.4 Å². The van der Waals surface area contributed by atoms with Crippen LogP contribution in [-0.2, 0) is 14.3 Å². The molecule has 1 heterocycles. The SMILES string of the molecule is CN(C)c1ccc(C=C2SC(=O)N(CC(=O)OC(C)(C)C)C2=O)cc1Br. The van der Waals surface area contributed by atoms with Gasteiger partial charge in [0.05, 0.1) is 10.6 Å². The van der Waals surface area contributed by atoms with Gasteiger partial charge in [-0.05, 0) is 72.2 Å². The summed E-state index contributed by atoms with van der Waals surface area (Å²) in [5.74, 6) is -1.10. The van der Waals surface area contributed by atoms with Crippen LogP contribution in [0, 0.1) is 0 Å². The van der Waals surface area contributed by atoms with Crippen LogP contribution in [0.4, 0.5) is 10.5 Å². The fourth-order valence-corrected chi connectivity index (χ4v) is 3.86. The number of carbonyl (C=O) groups excluding carboxylic acids is 3. The molecule has 0 N–H and O–H groups in total. The van der Waals surface area contributed by atoms with Crippen LogP contribution < -0.4 is 4.90 Å². The predicted octanol–water partition coefficient (Wildman–Crippen LogP) is 3.89. The molecule has 2 rings (SSSR count). The Kier molecular flexibility index (Phi) is 6.18. The van der Waals surface area contributed by atoms with Gasteiger partial charge in [-0.2, -0.15) is 0 Å². The zero-order valence-corrected chi connectivity index (χ0v) is 17.7. The second-order valence-electron chi connectivity index (χ2n) is 6.96. The van der Waals surface area contributed by atoms with Crippen molar-refractivity contribution in [3.05, 3.63) is 33.1 Å². The van der Waals surface area contributed by atoms with Crippen LogP contribution >= 0.6 is 27.7 Å². The Morgan fingerprint density at radius 2 is 1.96 bits per heavy atom. The Morgan fingerprint density at radius 3 is 2.50 bits per heavy atom. The molecule has 8 heteroatoms. The van der Waals surface area contributed by atoms with Crippen molar-refractivity contribution in [2.24, 2.45) is 0 Å². The second kappa shape index (κ2) is 7.84. The summed E-state index contributed by atoms with van der Waals surface area (Å²) in [4.78, 5) is 39.6. The zero-order valence-electron chi connectivity index (χ0n) is 15.3. The Bertz CT molecular complexity index is 784. The molecule has 1 saturated heterocycles. The van der Waals surface area contributed by atoms with Gasteiger partial charge in [-0.1, -0.05) is 6.07 Å². The van der Waals surface area contributed by atoms with E-state index < -0.39 is 22.7 Å². The van der Waals surface area contributed by atoms with Crippen LogP contribution in [0.3, 0.4) is 0 Å². The minimum Gasteiger partial charge on any atom is -0.459 e. The summed E-state index contributed by atoms with van der Waals surface area (Å²) < 4.78 is 6.06. The molecule has 1 aromatic rings. The van der Waals surface area contributed by atoms with E-state index in [1.165, 1.54) is 0 Å². The summed E-state index contributed by atoms with van der Waals surface area (Å²) in [6.07, 6.45) is 1.64. The quantitative estimate of drug-likeness (QED) is 0.522. The average molecular weight is 441 g/mol. The number of hydrogen-bond acceptors (Lipinski definition) is 6. The lowest BCUT2D eigenvalue weighted by atomic mass is 10.2. The third kappa shape index (κ3) is 5.11. The molecule has 26 heavy (non-hydrogen) atoms. The highest BCUT2D eigenvalue weighted by Crippen LogP contribution is 2.33. The summed E-state index contributed by atoms with van der Waals surface area (Å²) in [5.41, 5.74) is 1.11. The Labute approximate surface area is 165 Å². The molecule has 1 aliphatic heterocycles. The van der Waals surface area contributed by atoms with E-state index in [1.54, 1.807) is 26.8 Å². The van der Waals surface area contributed by atoms with Gasteiger partial charge in [0.15, 0.2) is 0 Å². The predicted molar refractivity (Wildman–Crippen MR) is 107 cm³/mol. The molecule has 2 amide bonds. The lowest BCUT2D eigenvalue weighted by molar-refractivity contribution is -0.156. The Balaban J connectivity index is 2.16. The van der Waals surface area contributed by atoms with Gasteiger partial charge < -0.3 is 9.64 Å². The first-order valence-corrected chi connectivity index (χ1v) is 9.53. The van der Waals surface area contributed by atoms with E-state index in [1.807, 2.05) is 37.2 Å². The van der Waals surface area contributed by atoms with Gasteiger partial charge in [0, 0.05) is 18.6 Å². The van der Waals surface area contributed by atoms with E-state index in [4.69, 9.17) is 4.74 Å². The van der Waals surface area contributed by atoms with Gasteiger partial charge in [0.25, 0.3) is 11.1 Å². The van der Waals surface area contributed by atoms with E-state index in [-0.39, 0.29) is 11.4 Å². The van der Waals surface area contributed by atoms with E-state index in [0.717, 1.165) is 32.4 Å². The number of benzene rings is 1. The summed E-state index contributed by atoms with van der Waals surface area (Å²) in [6.45, 7) is 4.80. The number of anilines is 1. The molecule has 1 fully saturated rings. The number of carbonyl (C=O) groups is 3. The number of imide groups is 1. The minimum atomic E-state index is -0.671. The molecule has 0 aromatic heterocycles. The highest BCUT2D eigenvalue weighted by molar-refractivity contribution is 9.10. The smallest absolute Gasteiger partial charge is 0.326 e. The van der Waals surface area contributed by atoms with Crippen LogP contribution in [0.2, 0.25) is 0 Å². The lowest BCUT2D eigenvalue weighted by Gasteiger charge is -2.21. The van der Waals surface area contributed by atoms with Crippen molar-refractivity contribution in [1.29, 1.82) is 0 Å². The van der Waals surface area contributed by atoms with Crippen LogP contribution in [-0.4, -0.2) is 48.3 Å². The third-order valence-corrected chi connectivity index (χ3v) is 4.87. The molecule has 0 bridgehead atoms. The number of nitrogens with zero attached hydrogens (tertiary/aromatic N) is 2. The van der Waals surface area contributed by atoms with Gasteiger partial charge in [0.1, 0.15) is 12.1 Å². The van der Waals surface area contributed by atoms with Crippen LogP contribution in [0.5, 0.6) is 0 Å². The summed E-state index contributed by atoms with van der Waals surface area (Å²) in [6, 6.07) is 5.65.